The first-order valence-electron chi connectivity index (χ1n) is 39.8. The van der Waals surface area contributed by atoms with Gasteiger partial charge in [-0.05, 0) is 93.7 Å². The molecule has 15 aromatic heterocycles. The molecule has 0 amide bonds. The second-order valence-electron chi connectivity index (χ2n) is 36.4. The van der Waals surface area contributed by atoms with Gasteiger partial charge in [-0.1, -0.05) is 104 Å². The van der Waals surface area contributed by atoms with Crippen molar-refractivity contribution in [2.75, 3.05) is 0 Å². The van der Waals surface area contributed by atoms with Gasteiger partial charge in [-0.15, -0.1) is 0 Å². The van der Waals surface area contributed by atoms with Gasteiger partial charge in [-0.3, -0.25) is 48.0 Å². The number of aromatic nitrogens is 26. The average Bonchev–Trinajstić information content (AvgIpc) is 1.62. The lowest BCUT2D eigenvalue weighted by molar-refractivity contribution is 0.100. The minimum atomic E-state index is -0.126. The van der Waals surface area contributed by atoms with Crippen LogP contribution in [0.25, 0.3) is 111 Å². The van der Waals surface area contributed by atoms with Crippen LogP contribution in [0.5, 0.6) is 0 Å². The first-order chi connectivity index (χ1) is 56.6. The zero-order chi connectivity index (χ0) is 88.3. The maximum absolute atomic E-state index is 12.1. The van der Waals surface area contributed by atoms with E-state index in [4.69, 9.17) is 4.98 Å². The Balaban J connectivity index is 0.000000148. The predicted octanol–water partition coefficient (Wildman–Crippen LogP) is 16.9. The van der Waals surface area contributed by atoms with E-state index in [1.54, 1.807) is 99.1 Å². The van der Waals surface area contributed by atoms with Gasteiger partial charge in [-0.2, -0.15) is 20.4 Å². The van der Waals surface area contributed by atoms with Gasteiger partial charge in [0.25, 0.3) is 0 Å². The van der Waals surface area contributed by atoms with E-state index in [0.29, 0.717) is 112 Å². The molecule has 0 bridgehead atoms. The molecular formula is C90H106N26O5. The molecule has 31 nitrogen and oxygen atoms in total. The Bertz CT molecular complexity index is 5750. The van der Waals surface area contributed by atoms with E-state index in [2.05, 4.69) is 209 Å². The molecule has 0 spiro atoms. The number of hydrogen-bond donors (Lipinski definition) is 0. The Kier molecular flexibility index (Phi) is 25.9. The molecule has 15 aromatic rings. The maximum Gasteiger partial charge on any atom is 0.182 e. The van der Waals surface area contributed by atoms with Gasteiger partial charge >= 0.3 is 0 Å². The van der Waals surface area contributed by atoms with E-state index in [1.807, 2.05) is 86.2 Å². The third-order valence-electron chi connectivity index (χ3n) is 18.4. The molecule has 0 fully saturated rings. The highest BCUT2D eigenvalue weighted by atomic mass is 16.1. The van der Waals surface area contributed by atoms with Crippen molar-refractivity contribution in [3.63, 3.8) is 0 Å². The van der Waals surface area contributed by atoms with Crippen molar-refractivity contribution < 1.29 is 24.0 Å². The van der Waals surface area contributed by atoms with Gasteiger partial charge < -0.3 is 4.57 Å². The summed E-state index contributed by atoms with van der Waals surface area (Å²) in [5.74, 6) is 3.72. The fourth-order valence-corrected chi connectivity index (χ4v) is 13.1. The number of Topliss-reactive ketones (excluding diaryl/α,β-unsaturated/α-hetero) is 5. The minimum absolute atomic E-state index is 0.0121. The number of pyridine rings is 3. The molecule has 0 aliphatic carbocycles. The van der Waals surface area contributed by atoms with E-state index in [0.717, 1.165) is 95.6 Å². The summed E-state index contributed by atoms with van der Waals surface area (Å²) in [6.07, 6.45) is 26.2. The highest BCUT2D eigenvalue weighted by Gasteiger charge is 2.28. The molecule has 0 aliphatic heterocycles. The molecule has 15 heterocycles. The summed E-state index contributed by atoms with van der Waals surface area (Å²) in [7, 11) is 0. The Labute approximate surface area is 703 Å². The van der Waals surface area contributed by atoms with Gasteiger partial charge in [0.2, 0.25) is 0 Å². The molecule has 0 unspecified atom stereocenters. The fraction of sp³-hybridized carbons (Fsp3) is 0.400. The Morgan fingerprint density at radius 3 is 1.17 bits per heavy atom. The zero-order valence-electron chi connectivity index (χ0n) is 74.1. The Morgan fingerprint density at radius 1 is 0.298 bits per heavy atom. The van der Waals surface area contributed by atoms with Crippen LogP contribution in [0, 0.1) is 68.6 Å². The molecule has 0 aromatic carbocycles. The standard InChI is InChI=1S/C19H23N5O.C19H22N4O.C18H21N5O.2C17H20N6O/c1-11-18-15(7-16(22-11)14-8-20-13(3)21-9-14)17(12(2)25)23-24(18)10-19(4,5)6;1-12(24)17-10-23(11-19(3,4)5)18-16(17)6-14(7-22-18)15-8-20-13(2)21-9-15;1-11(24)17-14-6-15(13-7-19-12(2)20-8-13)21-9-16(14)23(22-17)10-18(3,4)5;1-10(24)14-15-13(23(22-14)9-17(3,4)5)8-20-16(21-15)12-6-18-11(2)19-7-12;1-10(24)14-15-16(23(22-14)9-17(3,4)5)20-8-13(21-15)12-6-18-11(2)19-7-12/h7-9H,10H2,1-6H3;6-10H,11H2,1-5H3;6-9H,10H2,1-5H3;2*6-8H,9H2,1-5H3. The number of carbonyl (C=O) groups excluding carboxylic acids is 5. The first-order valence-corrected chi connectivity index (χ1v) is 39.8. The van der Waals surface area contributed by atoms with Crippen LogP contribution in [0.15, 0.2) is 111 Å². The van der Waals surface area contributed by atoms with Crippen LogP contribution in [0.3, 0.4) is 0 Å². The van der Waals surface area contributed by atoms with Crippen molar-refractivity contribution in [2.24, 2.45) is 27.1 Å². The lowest BCUT2D eigenvalue weighted by Crippen LogP contribution is -2.17. The molecule has 15 rings (SSSR count). The summed E-state index contributed by atoms with van der Waals surface area (Å²) >= 11 is 0. The lowest BCUT2D eigenvalue weighted by atomic mass is 9.97. The first kappa shape index (κ1) is 88.6. The summed E-state index contributed by atoms with van der Waals surface area (Å²) in [6, 6.07) is 5.82. The zero-order valence-corrected chi connectivity index (χ0v) is 74.1. The number of ketones is 5. The van der Waals surface area contributed by atoms with Crippen LogP contribution >= 0.6 is 0 Å². The summed E-state index contributed by atoms with van der Waals surface area (Å²) in [5.41, 5.74) is 15.6. The monoisotopic (exact) mass is 1630 g/mol. The van der Waals surface area contributed by atoms with Crippen molar-refractivity contribution in [1.82, 2.24) is 128 Å². The van der Waals surface area contributed by atoms with Crippen molar-refractivity contribution in [3.8, 4) is 56.3 Å². The third kappa shape index (κ3) is 22.2. The second kappa shape index (κ2) is 35.4. The largest absolute Gasteiger partial charge is 0.331 e. The van der Waals surface area contributed by atoms with Crippen molar-refractivity contribution >= 4 is 84.0 Å². The second-order valence-corrected chi connectivity index (χ2v) is 36.4. The van der Waals surface area contributed by atoms with Crippen molar-refractivity contribution in [3.05, 3.63) is 174 Å². The molecule has 31 heteroatoms. The number of fused-ring (bicyclic) bond motifs is 5. The summed E-state index contributed by atoms with van der Waals surface area (Å²) in [5, 5.41) is 20.5. The smallest absolute Gasteiger partial charge is 0.182 e. The number of hydrogen-bond acceptors (Lipinski definition) is 26. The molecule has 0 saturated heterocycles. The third-order valence-corrected chi connectivity index (χ3v) is 18.4. The van der Waals surface area contributed by atoms with Gasteiger partial charge in [0, 0.05) is 184 Å². The van der Waals surface area contributed by atoms with Gasteiger partial charge in [-0.25, -0.2) is 79.4 Å². The van der Waals surface area contributed by atoms with Crippen LogP contribution in [0.2, 0.25) is 0 Å². The topological polar surface area (TPSA) is 381 Å². The lowest BCUT2D eigenvalue weighted by Gasteiger charge is -2.19. The number of rotatable bonds is 15. The minimum Gasteiger partial charge on any atom is -0.331 e. The van der Waals surface area contributed by atoms with Gasteiger partial charge in [0.1, 0.15) is 62.7 Å². The predicted molar refractivity (Wildman–Crippen MR) is 466 cm³/mol. The Morgan fingerprint density at radius 2 is 0.678 bits per heavy atom. The molecule has 121 heavy (non-hydrogen) atoms. The van der Waals surface area contributed by atoms with Crippen LogP contribution in [0.1, 0.15) is 226 Å². The van der Waals surface area contributed by atoms with Gasteiger partial charge in [0.15, 0.2) is 51.8 Å². The molecular weight excluding hydrogens is 1530 g/mol. The normalized spacial score (nSPS) is 11.9. The molecule has 0 N–H and O–H groups in total. The Hall–Kier alpha value is -13.2. The number of aryl methyl sites for hydroxylation is 6. The quantitative estimate of drug-likeness (QED) is 0.0860. The highest BCUT2D eigenvalue weighted by molar-refractivity contribution is 6.09. The van der Waals surface area contributed by atoms with Crippen LogP contribution < -0.4 is 0 Å². The molecule has 0 aliphatic rings. The van der Waals surface area contributed by atoms with E-state index in [9.17, 15) is 24.0 Å². The van der Waals surface area contributed by atoms with Gasteiger partial charge in [0.05, 0.1) is 58.0 Å². The summed E-state index contributed by atoms with van der Waals surface area (Å²) in [4.78, 5) is 134. The van der Waals surface area contributed by atoms with E-state index < -0.39 is 0 Å². The summed E-state index contributed by atoms with van der Waals surface area (Å²) < 4.78 is 9.41. The molecule has 0 saturated carbocycles. The van der Waals surface area contributed by atoms with E-state index in [1.165, 1.54) is 20.8 Å². The van der Waals surface area contributed by atoms with E-state index in [-0.39, 0.29) is 56.0 Å². The van der Waals surface area contributed by atoms with Crippen molar-refractivity contribution in [2.45, 2.75) is 213 Å². The SMILES string of the molecule is CC(=O)c1cn(CC(C)(C)C)c2ncc(-c3cnc(C)nc3)cc12.CC(=O)c1nn(CC(C)(C)C)c2c(C)nc(-c3cnc(C)nc3)cc12.CC(=O)c1nn(CC(C)(C)C)c2cnc(-c3cnc(C)nc3)cc12.CC(=O)c1nn(CC(C)(C)C)c2cnc(-c3cnc(C)nc3)nc12.CC(=O)c1nn(CC(C)(C)C)c2ncc(-c3cnc(C)nc3)nc12. The molecule has 0 atom stereocenters. The fourth-order valence-electron chi connectivity index (χ4n) is 13.1. The van der Waals surface area contributed by atoms with Crippen LogP contribution in [-0.2, 0) is 32.7 Å². The molecule has 0 radical (unpaired) electrons. The molecule has 626 valence electrons. The van der Waals surface area contributed by atoms with Crippen LogP contribution in [-0.4, -0.2) is 157 Å². The number of carbonyl (C=O) groups is 5. The van der Waals surface area contributed by atoms with Crippen LogP contribution in [0.4, 0.5) is 0 Å². The van der Waals surface area contributed by atoms with Crippen molar-refractivity contribution in [1.29, 1.82) is 0 Å². The summed E-state index contributed by atoms with van der Waals surface area (Å²) in [6.45, 7) is 54.4. The maximum atomic E-state index is 12.1. The highest BCUT2D eigenvalue weighted by Crippen LogP contribution is 2.34. The number of nitrogens with zero attached hydrogens (tertiary/aromatic N) is 26. The average molecular weight is 1630 g/mol. The van der Waals surface area contributed by atoms with E-state index >= 15 is 0 Å².